The molecule has 0 aromatic carbocycles. The van der Waals surface area contributed by atoms with Gasteiger partial charge in [-0.1, -0.05) is 0 Å². The van der Waals surface area contributed by atoms with Crippen LogP contribution in [-0.2, 0) is 6.61 Å². The van der Waals surface area contributed by atoms with Crippen LogP contribution in [0.3, 0.4) is 0 Å². The van der Waals surface area contributed by atoms with Crippen LogP contribution in [0.2, 0.25) is 0 Å². The number of thiazole rings is 1. The summed E-state index contributed by atoms with van der Waals surface area (Å²) in [6.07, 6.45) is 0. The quantitative estimate of drug-likeness (QED) is 0.926. The highest BCUT2D eigenvalue weighted by Crippen LogP contribution is 2.23. The van der Waals surface area contributed by atoms with E-state index in [1.165, 1.54) is 10.9 Å². The molecule has 17 heavy (non-hydrogen) atoms. The number of ether oxygens (including phenoxy) is 1. The van der Waals surface area contributed by atoms with E-state index in [1.54, 1.807) is 16.7 Å². The van der Waals surface area contributed by atoms with Gasteiger partial charge in [0.15, 0.2) is 0 Å². The Balaban J connectivity index is 1.99. The Morgan fingerprint density at radius 2 is 2.29 bits per heavy atom. The van der Waals surface area contributed by atoms with E-state index in [1.807, 2.05) is 13.8 Å². The maximum atomic E-state index is 10.7. The van der Waals surface area contributed by atoms with Crippen LogP contribution in [0.15, 0.2) is 11.4 Å². The molecule has 2 heterocycles. The molecule has 0 radical (unpaired) electrons. The van der Waals surface area contributed by atoms with Gasteiger partial charge in [-0.25, -0.2) is 9.78 Å². The highest BCUT2D eigenvalue weighted by atomic mass is 32.1. The summed E-state index contributed by atoms with van der Waals surface area (Å²) in [5.74, 6) is -0.344. The molecule has 2 rings (SSSR count). The van der Waals surface area contributed by atoms with Crippen molar-refractivity contribution in [2.75, 3.05) is 0 Å². The summed E-state index contributed by atoms with van der Waals surface area (Å²) in [4.78, 5) is 16.5. The Bertz CT molecular complexity index is 525. The van der Waals surface area contributed by atoms with Crippen molar-refractivity contribution in [2.24, 2.45) is 0 Å². The normalized spacial score (nSPS) is 10.5. The molecule has 6 heteroatoms. The molecule has 0 spiro atoms. The third kappa shape index (κ3) is 2.83. The fourth-order valence-corrected chi connectivity index (χ4v) is 2.76. The first kappa shape index (κ1) is 12.1. The van der Waals surface area contributed by atoms with Gasteiger partial charge in [-0.05, 0) is 13.8 Å². The van der Waals surface area contributed by atoms with Crippen LogP contribution in [0.4, 0.5) is 0 Å². The second-order valence-corrected chi connectivity index (χ2v) is 5.69. The van der Waals surface area contributed by atoms with Gasteiger partial charge in [0.25, 0.3) is 0 Å². The lowest BCUT2D eigenvalue weighted by Crippen LogP contribution is -1.94. The van der Waals surface area contributed by atoms with E-state index < -0.39 is 5.97 Å². The van der Waals surface area contributed by atoms with Gasteiger partial charge in [-0.2, -0.15) is 0 Å². The van der Waals surface area contributed by atoms with Gasteiger partial charge in [0.1, 0.15) is 22.2 Å². The summed E-state index contributed by atoms with van der Waals surface area (Å²) in [6.45, 7) is 4.36. The van der Waals surface area contributed by atoms with Crippen molar-refractivity contribution in [3.05, 3.63) is 31.9 Å². The molecule has 90 valence electrons. The zero-order valence-electron chi connectivity index (χ0n) is 9.39. The summed E-state index contributed by atoms with van der Waals surface area (Å²) >= 11 is 2.76. The van der Waals surface area contributed by atoms with Gasteiger partial charge in [-0.15, -0.1) is 22.7 Å². The number of aromatic nitrogens is 1. The zero-order valence-corrected chi connectivity index (χ0v) is 11.0. The second kappa shape index (κ2) is 4.85. The Morgan fingerprint density at radius 1 is 1.53 bits per heavy atom. The Labute approximate surface area is 107 Å². The molecule has 1 N–H and O–H groups in total. The van der Waals surface area contributed by atoms with Crippen molar-refractivity contribution < 1.29 is 14.6 Å². The van der Waals surface area contributed by atoms with E-state index in [4.69, 9.17) is 9.84 Å². The number of aromatic carboxylic acids is 1. The number of rotatable bonds is 4. The third-order valence-corrected chi connectivity index (χ3v) is 4.16. The molecule has 0 amide bonds. The van der Waals surface area contributed by atoms with Crippen LogP contribution in [0.25, 0.3) is 0 Å². The summed E-state index contributed by atoms with van der Waals surface area (Å²) in [5.41, 5.74) is 1.02. The molecule has 2 aromatic heterocycles. The second-order valence-electron chi connectivity index (χ2n) is 3.49. The minimum absolute atomic E-state index is 0.284. The molecule has 0 aliphatic carbocycles. The first-order chi connectivity index (χ1) is 8.06. The maximum absolute atomic E-state index is 10.7. The summed E-state index contributed by atoms with van der Waals surface area (Å²) in [6, 6.07) is 1.53. The molecule has 0 aliphatic rings. The molecular formula is C11H11NO3S2. The Morgan fingerprint density at radius 3 is 2.82 bits per heavy atom. The Kier molecular flexibility index (Phi) is 3.44. The monoisotopic (exact) mass is 269 g/mol. The van der Waals surface area contributed by atoms with E-state index in [0.29, 0.717) is 12.4 Å². The number of carboxylic acid groups (broad SMARTS) is 1. The highest BCUT2D eigenvalue weighted by molar-refractivity contribution is 7.12. The van der Waals surface area contributed by atoms with E-state index >= 15 is 0 Å². The fraction of sp³-hybridized carbons (Fsp3) is 0.273. The van der Waals surface area contributed by atoms with Crippen molar-refractivity contribution in [3.8, 4) is 5.75 Å². The summed E-state index contributed by atoms with van der Waals surface area (Å²) in [7, 11) is 0. The van der Waals surface area contributed by atoms with Gasteiger partial charge >= 0.3 is 5.97 Å². The molecule has 2 aromatic rings. The maximum Gasteiger partial charge on any atom is 0.346 e. The molecule has 0 bridgehead atoms. The highest BCUT2D eigenvalue weighted by Gasteiger charge is 2.09. The van der Waals surface area contributed by atoms with Crippen LogP contribution in [0.5, 0.6) is 5.75 Å². The van der Waals surface area contributed by atoms with E-state index in [2.05, 4.69) is 4.98 Å². The lowest BCUT2D eigenvalue weighted by Gasteiger charge is -1.99. The predicted molar refractivity (Wildman–Crippen MR) is 67.2 cm³/mol. The van der Waals surface area contributed by atoms with Crippen LogP contribution in [-0.4, -0.2) is 16.1 Å². The molecule has 4 nitrogen and oxygen atoms in total. The minimum atomic E-state index is -0.925. The minimum Gasteiger partial charge on any atom is -0.486 e. The SMILES string of the molecule is Cc1nc(COc2csc(C(=O)O)c2)sc1C. The van der Waals surface area contributed by atoms with Crippen LogP contribution in [0.1, 0.15) is 25.3 Å². The number of aryl methyl sites for hydroxylation is 2. The average Bonchev–Trinajstić information content (AvgIpc) is 2.84. The van der Waals surface area contributed by atoms with E-state index in [-0.39, 0.29) is 4.88 Å². The molecule has 0 aliphatic heterocycles. The van der Waals surface area contributed by atoms with Crippen molar-refractivity contribution in [2.45, 2.75) is 20.5 Å². The van der Waals surface area contributed by atoms with Gasteiger partial charge < -0.3 is 9.84 Å². The van der Waals surface area contributed by atoms with Crippen molar-refractivity contribution in [1.29, 1.82) is 0 Å². The first-order valence-electron chi connectivity index (χ1n) is 4.94. The number of carboxylic acids is 1. The van der Waals surface area contributed by atoms with E-state index in [0.717, 1.165) is 22.0 Å². The van der Waals surface area contributed by atoms with Crippen LogP contribution >= 0.6 is 22.7 Å². The molecule has 0 saturated heterocycles. The number of nitrogens with zero attached hydrogens (tertiary/aromatic N) is 1. The first-order valence-corrected chi connectivity index (χ1v) is 6.63. The van der Waals surface area contributed by atoms with E-state index in [9.17, 15) is 4.79 Å². The lowest BCUT2D eigenvalue weighted by molar-refractivity contribution is 0.0702. The molecule has 0 atom stereocenters. The van der Waals surface area contributed by atoms with Crippen molar-refractivity contribution in [1.82, 2.24) is 4.98 Å². The van der Waals surface area contributed by atoms with Gasteiger partial charge in [0.05, 0.1) is 5.69 Å². The van der Waals surface area contributed by atoms with Gasteiger partial charge in [0, 0.05) is 16.3 Å². The predicted octanol–water partition coefficient (Wildman–Crippen LogP) is 3.10. The van der Waals surface area contributed by atoms with Crippen LogP contribution < -0.4 is 4.74 Å². The smallest absolute Gasteiger partial charge is 0.346 e. The molecule has 0 fully saturated rings. The molecule has 0 unspecified atom stereocenters. The van der Waals surface area contributed by atoms with Gasteiger partial charge in [0.2, 0.25) is 0 Å². The van der Waals surface area contributed by atoms with Gasteiger partial charge in [-0.3, -0.25) is 0 Å². The standard InChI is InChI=1S/C11H11NO3S2/c1-6-7(2)17-10(12-6)4-15-8-3-9(11(13)14)16-5-8/h3,5H,4H2,1-2H3,(H,13,14). The lowest BCUT2D eigenvalue weighted by atomic mass is 10.4. The summed E-state index contributed by atoms with van der Waals surface area (Å²) < 4.78 is 5.49. The number of thiophene rings is 1. The largest absolute Gasteiger partial charge is 0.486 e. The topological polar surface area (TPSA) is 59.4 Å². The average molecular weight is 269 g/mol. The number of hydrogen-bond donors (Lipinski definition) is 1. The number of carbonyl (C=O) groups is 1. The zero-order chi connectivity index (χ0) is 12.4. The van der Waals surface area contributed by atoms with Crippen molar-refractivity contribution >= 4 is 28.6 Å². The fourth-order valence-electron chi connectivity index (χ4n) is 1.25. The Hall–Kier alpha value is -1.40. The van der Waals surface area contributed by atoms with Crippen molar-refractivity contribution in [3.63, 3.8) is 0 Å². The molecule has 0 saturated carbocycles. The molecular weight excluding hydrogens is 258 g/mol. The summed E-state index contributed by atoms with van der Waals surface area (Å²) in [5, 5.41) is 11.4. The third-order valence-electron chi connectivity index (χ3n) is 2.22. The number of hydrogen-bond acceptors (Lipinski definition) is 5. The van der Waals surface area contributed by atoms with Crippen LogP contribution in [0, 0.1) is 13.8 Å².